The second kappa shape index (κ2) is 8.02. The van der Waals surface area contributed by atoms with Gasteiger partial charge in [-0.1, -0.05) is 0 Å². The molecule has 0 spiro atoms. The summed E-state index contributed by atoms with van der Waals surface area (Å²) in [6, 6.07) is 3.33. The maximum Gasteiger partial charge on any atom is 0.328 e. The molecule has 0 unspecified atom stereocenters. The minimum atomic E-state index is -1.02. The molecule has 1 aromatic rings. The fourth-order valence-corrected chi connectivity index (χ4v) is 1.37. The number of carbonyl (C=O) groups is 1. The molecule has 93 valence electrons. The van der Waals surface area contributed by atoms with Gasteiger partial charge in [0.2, 0.25) is 5.75 Å². The van der Waals surface area contributed by atoms with E-state index in [9.17, 15) is 4.79 Å². The molecule has 18 heavy (non-hydrogen) atoms. The summed E-state index contributed by atoms with van der Waals surface area (Å²) in [6.07, 6.45) is 2.49. The molecule has 1 aromatic carbocycles. The van der Waals surface area contributed by atoms with Crippen LogP contribution in [0.5, 0.6) is 17.2 Å². The largest absolute Gasteiger partial charge is 0.493 e. The summed E-state index contributed by atoms with van der Waals surface area (Å²) in [5.41, 5.74) is 0.655. The Kier molecular flexibility index (Phi) is 7.50. The van der Waals surface area contributed by atoms with Crippen LogP contribution >= 0.6 is 0 Å². The van der Waals surface area contributed by atoms with Crippen molar-refractivity contribution in [3.8, 4) is 17.2 Å². The molecule has 0 aromatic heterocycles. The predicted molar refractivity (Wildman–Crippen MR) is 68.5 cm³/mol. The number of carboxylic acids is 1. The Morgan fingerprint density at radius 1 is 1.11 bits per heavy atom. The summed E-state index contributed by atoms with van der Waals surface area (Å²) < 4.78 is 15.4. The maximum absolute atomic E-state index is 10.4. The van der Waals surface area contributed by atoms with Crippen LogP contribution in [0, 0.1) is 0 Å². The number of ether oxygens (including phenoxy) is 3. The molecule has 5 nitrogen and oxygen atoms in total. The summed E-state index contributed by atoms with van der Waals surface area (Å²) in [5, 5.41) is 8.55. The molecule has 0 aliphatic rings. The van der Waals surface area contributed by atoms with Crippen molar-refractivity contribution < 1.29 is 24.1 Å². The van der Waals surface area contributed by atoms with E-state index in [4.69, 9.17) is 19.3 Å². The van der Waals surface area contributed by atoms with E-state index in [2.05, 4.69) is 0 Å². The third kappa shape index (κ3) is 4.25. The predicted octanol–water partition coefficient (Wildman–Crippen LogP) is 1.43. The number of benzene rings is 1. The third-order valence-corrected chi connectivity index (χ3v) is 2.11. The van der Waals surface area contributed by atoms with Gasteiger partial charge in [0.15, 0.2) is 11.5 Å². The van der Waals surface area contributed by atoms with Crippen LogP contribution < -0.4 is 14.2 Å². The van der Waals surface area contributed by atoms with Gasteiger partial charge in [0.25, 0.3) is 0 Å². The van der Waals surface area contributed by atoms with Gasteiger partial charge in [-0.25, -0.2) is 4.79 Å². The Morgan fingerprint density at radius 3 is 1.94 bits per heavy atom. The molecule has 0 bridgehead atoms. The van der Waals surface area contributed by atoms with Crippen molar-refractivity contribution in [1.82, 2.24) is 0 Å². The van der Waals surface area contributed by atoms with Crippen LogP contribution in [0.4, 0.5) is 0 Å². The SMILES string of the molecule is COc1cc(C=CC(=O)O)cc(OC)c1OC.[Na]. The van der Waals surface area contributed by atoms with E-state index in [1.807, 2.05) is 0 Å². The molecule has 0 atom stereocenters. The van der Waals surface area contributed by atoms with E-state index in [0.29, 0.717) is 22.8 Å². The molecule has 0 heterocycles. The number of aliphatic carboxylic acids is 1. The number of methoxy groups -OCH3 is 3. The molecule has 0 saturated heterocycles. The van der Waals surface area contributed by atoms with Crippen LogP contribution in [0.25, 0.3) is 6.08 Å². The van der Waals surface area contributed by atoms with Gasteiger partial charge < -0.3 is 19.3 Å². The summed E-state index contributed by atoms with van der Waals surface area (Å²) in [4.78, 5) is 10.4. The molecule has 1 rings (SSSR count). The first kappa shape index (κ1) is 16.8. The average Bonchev–Trinajstić information content (AvgIpc) is 2.34. The Hall–Kier alpha value is -1.17. The second-order valence-electron chi connectivity index (χ2n) is 3.13. The Morgan fingerprint density at radius 2 is 1.61 bits per heavy atom. The van der Waals surface area contributed by atoms with Gasteiger partial charge in [0, 0.05) is 35.6 Å². The van der Waals surface area contributed by atoms with E-state index in [-0.39, 0.29) is 29.6 Å². The zero-order valence-corrected chi connectivity index (χ0v) is 12.9. The van der Waals surface area contributed by atoms with Gasteiger partial charge in [-0.2, -0.15) is 0 Å². The van der Waals surface area contributed by atoms with Crippen LogP contribution in [0.3, 0.4) is 0 Å². The van der Waals surface area contributed by atoms with Crippen LogP contribution in [0.2, 0.25) is 0 Å². The number of rotatable bonds is 5. The molecule has 0 aliphatic heterocycles. The monoisotopic (exact) mass is 261 g/mol. The smallest absolute Gasteiger partial charge is 0.328 e. The fourth-order valence-electron chi connectivity index (χ4n) is 1.37. The van der Waals surface area contributed by atoms with E-state index in [1.165, 1.54) is 27.4 Å². The Balaban J connectivity index is 0.00000289. The molecular weight excluding hydrogens is 247 g/mol. The molecule has 0 fully saturated rings. The van der Waals surface area contributed by atoms with Crippen LogP contribution in [0.1, 0.15) is 5.56 Å². The number of carboxylic acid groups (broad SMARTS) is 1. The van der Waals surface area contributed by atoms with Crippen LogP contribution in [-0.4, -0.2) is 62.0 Å². The molecule has 0 aliphatic carbocycles. The van der Waals surface area contributed by atoms with Gasteiger partial charge in [-0.3, -0.25) is 0 Å². The zero-order valence-electron chi connectivity index (χ0n) is 10.9. The second-order valence-corrected chi connectivity index (χ2v) is 3.13. The first-order valence-corrected chi connectivity index (χ1v) is 4.83. The third-order valence-electron chi connectivity index (χ3n) is 2.11. The quantitative estimate of drug-likeness (QED) is 0.641. The normalized spacial score (nSPS) is 9.72. The molecule has 0 saturated carbocycles. The fraction of sp³-hybridized carbons (Fsp3) is 0.250. The van der Waals surface area contributed by atoms with E-state index >= 15 is 0 Å². The molecular formula is C12H14NaO5. The van der Waals surface area contributed by atoms with Crippen molar-refractivity contribution >= 4 is 41.6 Å². The van der Waals surface area contributed by atoms with E-state index in [0.717, 1.165) is 6.08 Å². The van der Waals surface area contributed by atoms with Crippen LogP contribution in [-0.2, 0) is 4.79 Å². The number of hydrogen-bond donors (Lipinski definition) is 1. The average molecular weight is 261 g/mol. The summed E-state index contributed by atoms with van der Waals surface area (Å²) in [7, 11) is 4.51. The van der Waals surface area contributed by atoms with Crippen molar-refractivity contribution in [1.29, 1.82) is 0 Å². The first-order chi connectivity index (χ1) is 8.12. The van der Waals surface area contributed by atoms with E-state index in [1.54, 1.807) is 12.1 Å². The van der Waals surface area contributed by atoms with E-state index < -0.39 is 5.97 Å². The van der Waals surface area contributed by atoms with Crippen molar-refractivity contribution in [3.63, 3.8) is 0 Å². The summed E-state index contributed by atoms with van der Waals surface area (Å²) in [6.45, 7) is 0. The van der Waals surface area contributed by atoms with Gasteiger partial charge in [-0.05, 0) is 23.8 Å². The molecule has 1 N–H and O–H groups in total. The molecule has 0 amide bonds. The van der Waals surface area contributed by atoms with Gasteiger partial charge >= 0.3 is 5.97 Å². The maximum atomic E-state index is 10.4. The topological polar surface area (TPSA) is 65.0 Å². The van der Waals surface area contributed by atoms with Crippen molar-refractivity contribution in [2.24, 2.45) is 0 Å². The zero-order chi connectivity index (χ0) is 12.8. The summed E-state index contributed by atoms with van der Waals surface area (Å²) >= 11 is 0. The first-order valence-electron chi connectivity index (χ1n) is 4.83. The Bertz CT molecular complexity index is 417. The molecule has 6 heteroatoms. The van der Waals surface area contributed by atoms with Crippen molar-refractivity contribution in [3.05, 3.63) is 23.8 Å². The molecule has 1 radical (unpaired) electrons. The summed E-state index contributed by atoms with van der Waals surface area (Å²) in [5.74, 6) is 0.426. The van der Waals surface area contributed by atoms with Crippen molar-refractivity contribution in [2.75, 3.05) is 21.3 Å². The standard InChI is InChI=1S/C12H14O5.Na/c1-15-9-6-8(4-5-11(13)14)7-10(16-2)12(9)17-3;/h4-7H,1-3H3,(H,13,14);. The minimum Gasteiger partial charge on any atom is -0.493 e. The van der Waals surface area contributed by atoms with Gasteiger partial charge in [0.1, 0.15) is 0 Å². The number of hydrogen-bond acceptors (Lipinski definition) is 4. The van der Waals surface area contributed by atoms with Gasteiger partial charge in [0.05, 0.1) is 21.3 Å². The Labute approximate surface area is 128 Å². The van der Waals surface area contributed by atoms with Crippen LogP contribution in [0.15, 0.2) is 18.2 Å². The van der Waals surface area contributed by atoms with Gasteiger partial charge in [-0.15, -0.1) is 0 Å². The minimum absolute atomic E-state index is 0. The van der Waals surface area contributed by atoms with Crippen molar-refractivity contribution in [2.45, 2.75) is 0 Å².